The highest BCUT2D eigenvalue weighted by Gasteiger charge is 2.12. The largest absolute Gasteiger partial charge is 0.245 e. The number of rotatable bonds is 2. The molecule has 0 bridgehead atoms. The Kier molecular flexibility index (Phi) is 3.43. The molecule has 88 valence electrons. The highest BCUT2D eigenvalue weighted by Crippen LogP contribution is 2.24. The first-order valence-electron chi connectivity index (χ1n) is 4.80. The third kappa shape index (κ3) is 2.63. The summed E-state index contributed by atoms with van der Waals surface area (Å²) in [6, 6.07) is 12.9. The van der Waals surface area contributed by atoms with Crippen LogP contribution in [0.1, 0.15) is 0 Å². The molecule has 0 aliphatic rings. The molecule has 0 unspecified atom stereocenters. The topological polar surface area (TPSA) is 40.9 Å². The van der Waals surface area contributed by atoms with Crippen molar-refractivity contribution in [1.82, 2.24) is 0 Å². The molecule has 2 aromatic carbocycles. The Balaban J connectivity index is 2.50. The number of benzene rings is 2. The van der Waals surface area contributed by atoms with Crippen molar-refractivity contribution in [2.24, 2.45) is 0 Å². The van der Waals surface area contributed by atoms with Gasteiger partial charge < -0.3 is 0 Å². The molecule has 0 atom stereocenters. The Labute approximate surface area is 110 Å². The van der Waals surface area contributed by atoms with E-state index < -0.39 is 9.73 Å². The first-order valence-corrected chi connectivity index (χ1v) is 7.11. The van der Waals surface area contributed by atoms with Gasteiger partial charge in [-0.1, -0.05) is 23.2 Å². The van der Waals surface area contributed by atoms with E-state index in [2.05, 4.69) is 0 Å². The summed E-state index contributed by atoms with van der Waals surface area (Å²) in [7, 11) is -2.99. The highest BCUT2D eigenvalue weighted by atomic mass is 35.5. The Morgan fingerprint density at radius 1 is 0.765 bits per heavy atom. The van der Waals surface area contributed by atoms with Crippen LogP contribution < -0.4 is 0 Å². The van der Waals surface area contributed by atoms with E-state index in [9.17, 15) is 4.21 Å². The van der Waals surface area contributed by atoms with Crippen molar-refractivity contribution < 1.29 is 4.21 Å². The molecule has 0 heterocycles. The molecule has 0 aromatic heterocycles. The minimum absolute atomic E-state index is 0.434. The van der Waals surface area contributed by atoms with Gasteiger partial charge in [0.15, 0.2) is 0 Å². The number of hydrogen-bond donors (Lipinski definition) is 1. The van der Waals surface area contributed by atoms with Crippen molar-refractivity contribution in [2.45, 2.75) is 9.79 Å². The lowest BCUT2D eigenvalue weighted by molar-refractivity contribution is 0.674. The zero-order valence-corrected chi connectivity index (χ0v) is 11.0. The van der Waals surface area contributed by atoms with Gasteiger partial charge in [-0.15, -0.1) is 0 Å². The second kappa shape index (κ2) is 4.69. The van der Waals surface area contributed by atoms with Gasteiger partial charge in [-0.25, -0.2) is 8.99 Å². The predicted octanol–water partition coefficient (Wildman–Crippen LogP) is 4.46. The lowest BCUT2D eigenvalue weighted by atomic mass is 10.4. The van der Waals surface area contributed by atoms with Crippen LogP contribution in [0, 0.1) is 4.78 Å². The molecular weight excluding hydrogens is 277 g/mol. The summed E-state index contributed by atoms with van der Waals surface area (Å²) in [5, 5.41) is 1.11. The van der Waals surface area contributed by atoms with E-state index in [0.717, 1.165) is 0 Å². The lowest BCUT2D eigenvalue weighted by Gasteiger charge is -2.07. The van der Waals surface area contributed by atoms with Crippen LogP contribution in [0.3, 0.4) is 0 Å². The van der Waals surface area contributed by atoms with Crippen molar-refractivity contribution in [3.63, 3.8) is 0 Å². The van der Waals surface area contributed by atoms with Crippen molar-refractivity contribution in [3.8, 4) is 0 Å². The lowest BCUT2D eigenvalue weighted by Crippen LogP contribution is -1.99. The number of nitrogens with one attached hydrogen (secondary N) is 1. The molecule has 0 amide bonds. The third-order valence-corrected chi connectivity index (χ3v) is 4.67. The monoisotopic (exact) mass is 285 g/mol. The molecule has 0 aliphatic carbocycles. The van der Waals surface area contributed by atoms with Gasteiger partial charge in [0.1, 0.15) is 9.73 Å². The normalized spacial score (nSPS) is 11.4. The van der Waals surface area contributed by atoms with Crippen LogP contribution in [0.2, 0.25) is 10.0 Å². The Hall–Kier alpha value is -1.03. The SMILES string of the molecule is N=S(=O)(c1ccc(Cl)cc1)c1ccc(Cl)cc1. The molecule has 5 heteroatoms. The van der Waals surface area contributed by atoms with Crippen LogP contribution in [0.15, 0.2) is 58.3 Å². The molecule has 0 saturated heterocycles. The van der Waals surface area contributed by atoms with E-state index in [0.29, 0.717) is 19.8 Å². The first kappa shape index (κ1) is 12.4. The molecule has 2 nitrogen and oxygen atoms in total. The summed E-state index contributed by atoms with van der Waals surface area (Å²) in [4.78, 5) is 0.869. The molecule has 17 heavy (non-hydrogen) atoms. The third-order valence-electron chi connectivity index (χ3n) is 2.29. The van der Waals surface area contributed by atoms with E-state index in [1.54, 1.807) is 48.5 Å². The fourth-order valence-corrected chi connectivity index (χ4v) is 2.95. The Bertz CT molecular complexity index is 567. The minimum atomic E-state index is -2.99. The summed E-state index contributed by atoms with van der Waals surface area (Å²) < 4.78 is 20.4. The first-order chi connectivity index (χ1) is 8.00. The maximum Gasteiger partial charge on any atom is 0.101 e. The molecule has 2 rings (SSSR count). The van der Waals surface area contributed by atoms with E-state index in [-0.39, 0.29) is 0 Å². The maximum atomic E-state index is 12.4. The molecule has 0 radical (unpaired) electrons. The summed E-state index contributed by atoms with van der Waals surface area (Å²) in [5.74, 6) is 0. The van der Waals surface area contributed by atoms with Crippen LogP contribution in [0.4, 0.5) is 0 Å². The average molecular weight is 286 g/mol. The van der Waals surface area contributed by atoms with Gasteiger partial charge in [0.05, 0.1) is 9.79 Å². The highest BCUT2D eigenvalue weighted by molar-refractivity contribution is 7.92. The second-order valence-corrected chi connectivity index (χ2v) is 6.39. The zero-order chi connectivity index (χ0) is 12.5. The predicted molar refractivity (Wildman–Crippen MR) is 70.3 cm³/mol. The van der Waals surface area contributed by atoms with E-state index in [4.69, 9.17) is 28.0 Å². The van der Waals surface area contributed by atoms with Gasteiger partial charge in [0, 0.05) is 10.0 Å². The van der Waals surface area contributed by atoms with E-state index >= 15 is 0 Å². The van der Waals surface area contributed by atoms with Crippen LogP contribution in [-0.4, -0.2) is 4.21 Å². The van der Waals surface area contributed by atoms with Crippen LogP contribution >= 0.6 is 23.2 Å². The Morgan fingerprint density at radius 3 is 1.35 bits per heavy atom. The average Bonchev–Trinajstić information content (AvgIpc) is 2.30. The van der Waals surface area contributed by atoms with E-state index in [1.807, 2.05) is 0 Å². The van der Waals surface area contributed by atoms with Gasteiger partial charge in [-0.2, -0.15) is 0 Å². The van der Waals surface area contributed by atoms with Gasteiger partial charge in [-0.3, -0.25) is 0 Å². The minimum Gasteiger partial charge on any atom is -0.245 e. The fourth-order valence-electron chi connectivity index (χ4n) is 1.39. The fraction of sp³-hybridized carbons (Fsp3) is 0. The van der Waals surface area contributed by atoms with Crippen molar-refractivity contribution >= 4 is 32.9 Å². The van der Waals surface area contributed by atoms with Crippen molar-refractivity contribution in [2.75, 3.05) is 0 Å². The van der Waals surface area contributed by atoms with E-state index in [1.165, 1.54) is 0 Å². The quantitative estimate of drug-likeness (QED) is 0.870. The number of halogens is 2. The molecular formula is C12H9Cl2NOS. The van der Waals surface area contributed by atoms with Crippen LogP contribution in [0.25, 0.3) is 0 Å². The number of hydrogen-bond acceptors (Lipinski definition) is 2. The molecule has 0 saturated carbocycles. The zero-order valence-electron chi connectivity index (χ0n) is 8.69. The standard InChI is InChI=1S/C12H9Cl2NOS/c13-9-1-5-11(6-2-9)17(15,16)12-7-3-10(14)4-8-12/h1-8,15H. The summed E-state index contributed by atoms with van der Waals surface area (Å²) in [6.45, 7) is 0. The van der Waals surface area contributed by atoms with Crippen LogP contribution in [0.5, 0.6) is 0 Å². The van der Waals surface area contributed by atoms with Crippen LogP contribution in [-0.2, 0) is 9.73 Å². The molecule has 0 fully saturated rings. The maximum absolute atomic E-state index is 12.4. The second-order valence-electron chi connectivity index (χ2n) is 3.46. The smallest absolute Gasteiger partial charge is 0.101 e. The summed E-state index contributed by atoms with van der Waals surface area (Å²) in [5.41, 5.74) is 0. The van der Waals surface area contributed by atoms with Gasteiger partial charge in [0.2, 0.25) is 0 Å². The molecule has 0 aliphatic heterocycles. The molecule has 0 spiro atoms. The Morgan fingerprint density at radius 2 is 1.06 bits per heavy atom. The van der Waals surface area contributed by atoms with Gasteiger partial charge in [-0.05, 0) is 48.5 Å². The van der Waals surface area contributed by atoms with Crippen molar-refractivity contribution in [3.05, 3.63) is 58.6 Å². The molecule has 1 N–H and O–H groups in total. The van der Waals surface area contributed by atoms with Gasteiger partial charge >= 0.3 is 0 Å². The van der Waals surface area contributed by atoms with Crippen molar-refractivity contribution in [1.29, 1.82) is 4.78 Å². The van der Waals surface area contributed by atoms with Gasteiger partial charge in [0.25, 0.3) is 0 Å². The summed E-state index contributed by atoms with van der Waals surface area (Å²) in [6.07, 6.45) is 0. The molecule has 2 aromatic rings. The summed E-state index contributed by atoms with van der Waals surface area (Å²) >= 11 is 11.5.